The predicted octanol–water partition coefficient (Wildman–Crippen LogP) is 6.02. The number of halogens is 1. The Morgan fingerprint density at radius 2 is 1.12 bits per heavy atom. The van der Waals surface area contributed by atoms with Gasteiger partial charge in [-0.25, -0.2) is 0 Å². The first kappa shape index (κ1) is 16.7. The van der Waals surface area contributed by atoms with Crippen LogP contribution in [0.3, 0.4) is 0 Å². The molecular formula is C22H26BrN3. The summed E-state index contributed by atoms with van der Waals surface area (Å²) in [5.74, 6) is 2.97. The molecule has 136 valence electrons. The van der Waals surface area contributed by atoms with E-state index in [4.69, 9.17) is 10.7 Å². The van der Waals surface area contributed by atoms with Crippen LogP contribution in [0.15, 0.2) is 28.7 Å². The fourth-order valence-electron chi connectivity index (χ4n) is 3.51. The quantitative estimate of drug-likeness (QED) is 0.668. The van der Waals surface area contributed by atoms with Gasteiger partial charge in [0.25, 0.3) is 0 Å². The Hall–Kier alpha value is -1.42. The van der Waals surface area contributed by atoms with Crippen LogP contribution < -0.4 is 5.73 Å². The SMILES string of the molecule is Brc1ccc(C2CC2)nc1C1CC1.Nc1ccc(C2CC2)nc1C1CC1. The van der Waals surface area contributed by atoms with Gasteiger partial charge in [-0.1, -0.05) is 0 Å². The number of hydrogen-bond acceptors (Lipinski definition) is 3. The van der Waals surface area contributed by atoms with Crippen molar-refractivity contribution in [1.29, 1.82) is 0 Å². The third-order valence-corrected chi connectivity index (χ3v) is 6.46. The van der Waals surface area contributed by atoms with E-state index < -0.39 is 0 Å². The highest BCUT2D eigenvalue weighted by Gasteiger charge is 2.31. The molecule has 4 aliphatic carbocycles. The van der Waals surface area contributed by atoms with Crippen LogP contribution in [0.4, 0.5) is 5.69 Å². The van der Waals surface area contributed by atoms with E-state index >= 15 is 0 Å². The van der Waals surface area contributed by atoms with Gasteiger partial charge in [-0.3, -0.25) is 9.97 Å². The molecule has 0 radical (unpaired) electrons. The Labute approximate surface area is 163 Å². The Kier molecular flexibility index (Phi) is 4.27. The Morgan fingerprint density at radius 1 is 0.654 bits per heavy atom. The van der Waals surface area contributed by atoms with Crippen LogP contribution in [0, 0.1) is 0 Å². The molecule has 2 heterocycles. The van der Waals surface area contributed by atoms with Crippen LogP contribution in [0.25, 0.3) is 0 Å². The first-order valence-corrected chi connectivity index (χ1v) is 10.9. The molecule has 0 spiro atoms. The molecule has 0 saturated heterocycles. The van der Waals surface area contributed by atoms with Gasteiger partial charge in [0.15, 0.2) is 0 Å². The van der Waals surface area contributed by atoms with E-state index in [0.29, 0.717) is 5.92 Å². The maximum atomic E-state index is 5.89. The molecular weight excluding hydrogens is 386 g/mol. The molecule has 0 bridgehead atoms. The molecule has 2 aromatic rings. The third-order valence-electron chi connectivity index (χ3n) is 5.79. The van der Waals surface area contributed by atoms with Gasteiger partial charge in [0.05, 0.1) is 17.1 Å². The van der Waals surface area contributed by atoms with E-state index in [1.807, 2.05) is 6.07 Å². The van der Waals surface area contributed by atoms with E-state index in [-0.39, 0.29) is 0 Å². The Morgan fingerprint density at radius 3 is 1.65 bits per heavy atom. The predicted molar refractivity (Wildman–Crippen MR) is 108 cm³/mol. The van der Waals surface area contributed by atoms with Crippen LogP contribution in [-0.4, -0.2) is 9.97 Å². The largest absolute Gasteiger partial charge is 0.397 e. The smallest absolute Gasteiger partial charge is 0.0666 e. The lowest BCUT2D eigenvalue weighted by atomic mass is 10.1. The number of hydrogen-bond donors (Lipinski definition) is 1. The lowest BCUT2D eigenvalue weighted by Gasteiger charge is -2.05. The normalized spacial score (nSPS) is 21.9. The summed E-state index contributed by atoms with van der Waals surface area (Å²) < 4.78 is 1.21. The lowest BCUT2D eigenvalue weighted by molar-refractivity contribution is 0.930. The van der Waals surface area contributed by atoms with Gasteiger partial charge >= 0.3 is 0 Å². The van der Waals surface area contributed by atoms with Gasteiger partial charge in [0, 0.05) is 39.5 Å². The highest BCUT2D eigenvalue weighted by atomic mass is 79.9. The average molecular weight is 412 g/mol. The molecule has 6 rings (SSSR count). The van der Waals surface area contributed by atoms with E-state index in [0.717, 1.165) is 23.4 Å². The van der Waals surface area contributed by atoms with Gasteiger partial charge in [0.1, 0.15) is 0 Å². The van der Waals surface area contributed by atoms with E-state index in [1.165, 1.54) is 78.6 Å². The van der Waals surface area contributed by atoms with Crippen LogP contribution in [0.5, 0.6) is 0 Å². The van der Waals surface area contributed by atoms with Crippen molar-refractivity contribution in [3.8, 4) is 0 Å². The van der Waals surface area contributed by atoms with Crippen LogP contribution in [0.2, 0.25) is 0 Å². The summed E-state index contributed by atoms with van der Waals surface area (Å²) in [7, 11) is 0. The van der Waals surface area contributed by atoms with Gasteiger partial charge in [-0.15, -0.1) is 0 Å². The second-order valence-electron chi connectivity index (χ2n) is 8.41. The standard InChI is InChI=1S/C11H12BrN.C11H14N2/c2*12-9-5-6-10(7-1-2-7)13-11(9)8-3-4-8/h5-8H,1-4H2;5-8H,1-4,12H2. The van der Waals surface area contributed by atoms with E-state index in [1.54, 1.807) is 0 Å². The monoisotopic (exact) mass is 411 g/mol. The minimum absolute atomic E-state index is 0.679. The van der Waals surface area contributed by atoms with Gasteiger partial charge < -0.3 is 5.73 Å². The summed E-state index contributed by atoms with van der Waals surface area (Å²) in [6.07, 6.45) is 10.6. The highest BCUT2D eigenvalue weighted by molar-refractivity contribution is 9.10. The van der Waals surface area contributed by atoms with Gasteiger partial charge in [-0.2, -0.15) is 0 Å². The highest BCUT2D eigenvalue weighted by Crippen LogP contribution is 2.46. The van der Waals surface area contributed by atoms with Crippen molar-refractivity contribution in [2.24, 2.45) is 0 Å². The fourth-order valence-corrected chi connectivity index (χ4v) is 4.06. The number of nitrogen functional groups attached to an aromatic ring is 1. The molecule has 0 aliphatic heterocycles. The van der Waals surface area contributed by atoms with E-state index in [2.05, 4.69) is 39.1 Å². The average Bonchev–Trinajstić information content (AvgIpc) is 3.50. The Balaban J connectivity index is 0.000000115. The molecule has 4 heteroatoms. The fraction of sp³-hybridized carbons (Fsp3) is 0.545. The second kappa shape index (κ2) is 6.63. The number of anilines is 1. The molecule has 3 nitrogen and oxygen atoms in total. The zero-order chi connectivity index (χ0) is 17.7. The molecule has 0 aromatic carbocycles. The van der Waals surface area contributed by atoms with E-state index in [9.17, 15) is 0 Å². The van der Waals surface area contributed by atoms with Crippen molar-refractivity contribution >= 4 is 21.6 Å². The van der Waals surface area contributed by atoms with Gasteiger partial charge in [0.2, 0.25) is 0 Å². The number of aromatic nitrogens is 2. The van der Waals surface area contributed by atoms with Crippen LogP contribution in [-0.2, 0) is 0 Å². The summed E-state index contributed by atoms with van der Waals surface area (Å²) in [5, 5.41) is 0. The van der Waals surface area contributed by atoms with Crippen LogP contribution in [0.1, 0.15) is 97.8 Å². The molecule has 0 unspecified atom stereocenters. The number of nitrogens with zero attached hydrogens (tertiary/aromatic N) is 2. The van der Waals surface area contributed by atoms with Crippen molar-refractivity contribution in [2.45, 2.75) is 75.0 Å². The third kappa shape index (κ3) is 3.80. The maximum Gasteiger partial charge on any atom is 0.0666 e. The minimum Gasteiger partial charge on any atom is -0.397 e. The molecule has 0 amide bonds. The summed E-state index contributed by atoms with van der Waals surface area (Å²) in [5.41, 5.74) is 11.9. The van der Waals surface area contributed by atoms with Crippen molar-refractivity contribution < 1.29 is 0 Å². The van der Waals surface area contributed by atoms with Crippen molar-refractivity contribution in [3.63, 3.8) is 0 Å². The molecule has 2 aromatic heterocycles. The zero-order valence-corrected chi connectivity index (χ0v) is 16.7. The minimum atomic E-state index is 0.679. The second-order valence-corrected chi connectivity index (χ2v) is 9.27. The van der Waals surface area contributed by atoms with Crippen molar-refractivity contribution in [2.75, 3.05) is 5.73 Å². The molecule has 4 saturated carbocycles. The maximum absolute atomic E-state index is 5.89. The topological polar surface area (TPSA) is 51.8 Å². The van der Waals surface area contributed by atoms with Crippen molar-refractivity contribution in [1.82, 2.24) is 9.97 Å². The molecule has 4 fully saturated rings. The molecule has 2 N–H and O–H groups in total. The summed E-state index contributed by atoms with van der Waals surface area (Å²) >= 11 is 3.58. The lowest BCUT2D eigenvalue weighted by Crippen LogP contribution is -1.98. The first-order valence-electron chi connectivity index (χ1n) is 10.1. The van der Waals surface area contributed by atoms with Gasteiger partial charge in [-0.05, 0) is 91.6 Å². The zero-order valence-electron chi connectivity index (χ0n) is 15.1. The van der Waals surface area contributed by atoms with Crippen LogP contribution >= 0.6 is 15.9 Å². The Bertz CT molecular complexity index is 749. The number of nitrogens with two attached hydrogens (primary N) is 1. The number of rotatable bonds is 4. The first-order chi connectivity index (χ1) is 12.7. The molecule has 0 atom stereocenters. The summed E-state index contributed by atoms with van der Waals surface area (Å²) in [6.45, 7) is 0. The summed E-state index contributed by atoms with van der Waals surface area (Å²) in [6, 6.07) is 8.48. The molecule has 4 aliphatic rings. The molecule has 26 heavy (non-hydrogen) atoms. The van der Waals surface area contributed by atoms with Crippen molar-refractivity contribution in [3.05, 3.63) is 51.5 Å². The number of pyridine rings is 2. The summed E-state index contributed by atoms with van der Waals surface area (Å²) in [4.78, 5) is 9.42.